The SMILES string of the molecule is CC(=O)c1ccc(NC(=S)N2c3ccccc3CC2C)cc1. The Balaban J connectivity index is 1.78. The molecule has 3 rings (SSSR count). The third-order valence-electron chi connectivity index (χ3n) is 3.97. The van der Waals surface area contributed by atoms with Gasteiger partial charge in [-0.1, -0.05) is 18.2 Å². The average Bonchev–Trinajstić information content (AvgIpc) is 2.83. The van der Waals surface area contributed by atoms with E-state index >= 15 is 0 Å². The van der Waals surface area contributed by atoms with Gasteiger partial charge in [-0.25, -0.2) is 0 Å². The van der Waals surface area contributed by atoms with Crippen molar-refractivity contribution in [1.82, 2.24) is 0 Å². The van der Waals surface area contributed by atoms with E-state index in [1.165, 1.54) is 11.3 Å². The molecule has 1 atom stereocenters. The Morgan fingerprint density at radius 3 is 2.55 bits per heavy atom. The summed E-state index contributed by atoms with van der Waals surface area (Å²) in [5.74, 6) is 0.0659. The lowest BCUT2D eigenvalue weighted by Crippen LogP contribution is -2.38. The number of ketones is 1. The Morgan fingerprint density at radius 2 is 1.86 bits per heavy atom. The van der Waals surface area contributed by atoms with E-state index in [2.05, 4.69) is 35.3 Å². The molecule has 0 aromatic heterocycles. The topological polar surface area (TPSA) is 32.3 Å². The minimum absolute atomic E-state index is 0.0659. The summed E-state index contributed by atoms with van der Waals surface area (Å²) >= 11 is 5.58. The lowest BCUT2D eigenvalue weighted by Gasteiger charge is -2.26. The molecule has 1 aliphatic heterocycles. The molecule has 1 heterocycles. The second kappa shape index (κ2) is 5.89. The summed E-state index contributed by atoms with van der Waals surface area (Å²) in [5, 5.41) is 3.96. The first kappa shape index (κ1) is 14.7. The molecule has 1 unspecified atom stereocenters. The second-order valence-corrected chi connectivity index (χ2v) is 6.00. The largest absolute Gasteiger partial charge is 0.332 e. The van der Waals surface area contributed by atoms with Gasteiger partial charge < -0.3 is 10.2 Å². The first-order chi connectivity index (χ1) is 10.6. The highest BCUT2D eigenvalue weighted by Gasteiger charge is 2.28. The van der Waals surface area contributed by atoms with E-state index in [0.717, 1.165) is 12.1 Å². The van der Waals surface area contributed by atoms with E-state index in [-0.39, 0.29) is 5.78 Å². The summed E-state index contributed by atoms with van der Waals surface area (Å²) in [7, 11) is 0. The summed E-state index contributed by atoms with van der Waals surface area (Å²) < 4.78 is 0. The summed E-state index contributed by atoms with van der Waals surface area (Å²) in [6, 6.07) is 16.1. The number of nitrogens with zero attached hydrogens (tertiary/aromatic N) is 1. The number of hydrogen-bond acceptors (Lipinski definition) is 2. The number of rotatable bonds is 2. The Morgan fingerprint density at radius 1 is 1.18 bits per heavy atom. The zero-order chi connectivity index (χ0) is 15.7. The van der Waals surface area contributed by atoms with Gasteiger partial charge in [-0.15, -0.1) is 0 Å². The molecular weight excluding hydrogens is 292 g/mol. The van der Waals surface area contributed by atoms with Gasteiger partial charge in [-0.2, -0.15) is 0 Å². The van der Waals surface area contributed by atoms with Crippen LogP contribution in [0, 0.1) is 0 Å². The Bertz CT molecular complexity index is 724. The van der Waals surface area contributed by atoms with Gasteiger partial charge in [0.25, 0.3) is 0 Å². The normalized spacial score (nSPS) is 16.3. The van der Waals surface area contributed by atoms with Crippen molar-refractivity contribution in [2.45, 2.75) is 26.3 Å². The number of thiocarbonyl (C=S) groups is 1. The highest BCUT2D eigenvalue weighted by atomic mass is 32.1. The van der Waals surface area contributed by atoms with Gasteiger partial charge >= 0.3 is 0 Å². The fraction of sp³-hybridized carbons (Fsp3) is 0.222. The summed E-state index contributed by atoms with van der Waals surface area (Å²) in [4.78, 5) is 13.5. The Hall–Kier alpha value is -2.20. The quantitative estimate of drug-likeness (QED) is 0.670. The van der Waals surface area contributed by atoms with Gasteiger partial charge in [0.2, 0.25) is 0 Å². The standard InChI is InChI=1S/C18H18N2OS/c1-12-11-15-5-3-4-6-17(15)20(12)18(22)19-16-9-7-14(8-10-16)13(2)21/h3-10,12H,11H2,1-2H3,(H,19,22). The number of fused-ring (bicyclic) bond motifs is 1. The number of para-hydroxylation sites is 1. The van der Waals surface area contributed by atoms with Crippen molar-refractivity contribution in [2.24, 2.45) is 0 Å². The number of Topliss-reactive ketones (excluding diaryl/α,β-unsaturated/α-hetero) is 1. The van der Waals surface area contributed by atoms with E-state index in [1.54, 1.807) is 6.92 Å². The molecule has 0 bridgehead atoms. The minimum Gasteiger partial charge on any atom is -0.332 e. The van der Waals surface area contributed by atoms with Gasteiger partial charge in [0.05, 0.1) is 0 Å². The molecule has 0 saturated heterocycles. The molecule has 4 heteroatoms. The van der Waals surface area contributed by atoms with Crippen LogP contribution in [0.15, 0.2) is 48.5 Å². The van der Waals surface area contributed by atoms with Crippen LogP contribution in [0.5, 0.6) is 0 Å². The minimum atomic E-state index is 0.0659. The van der Waals surface area contributed by atoms with E-state index in [4.69, 9.17) is 12.2 Å². The zero-order valence-corrected chi connectivity index (χ0v) is 13.5. The lowest BCUT2D eigenvalue weighted by molar-refractivity contribution is 0.101. The monoisotopic (exact) mass is 310 g/mol. The number of benzene rings is 2. The summed E-state index contributed by atoms with van der Waals surface area (Å²) in [6.07, 6.45) is 1.00. The predicted molar refractivity (Wildman–Crippen MR) is 94.8 cm³/mol. The van der Waals surface area contributed by atoms with Crippen LogP contribution in [0.25, 0.3) is 0 Å². The molecule has 3 nitrogen and oxygen atoms in total. The molecule has 2 aromatic carbocycles. The van der Waals surface area contributed by atoms with Crippen molar-refractivity contribution >= 4 is 34.5 Å². The number of carbonyl (C=O) groups excluding carboxylic acids is 1. The first-order valence-electron chi connectivity index (χ1n) is 7.35. The van der Waals surface area contributed by atoms with E-state index in [1.807, 2.05) is 30.3 Å². The van der Waals surface area contributed by atoms with E-state index in [0.29, 0.717) is 16.7 Å². The van der Waals surface area contributed by atoms with Crippen molar-refractivity contribution in [3.05, 3.63) is 59.7 Å². The molecule has 1 N–H and O–H groups in total. The number of carbonyl (C=O) groups is 1. The van der Waals surface area contributed by atoms with Crippen molar-refractivity contribution in [3.63, 3.8) is 0 Å². The van der Waals surface area contributed by atoms with Gasteiger partial charge in [-0.3, -0.25) is 4.79 Å². The molecule has 0 amide bonds. The molecule has 0 saturated carbocycles. The highest BCUT2D eigenvalue weighted by Crippen LogP contribution is 2.32. The van der Waals surface area contributed by atoms with Gasteiger partial charge in [-0.05, 0) is 68.4 Å². The van der Waals surface area contributed by atoms with Crippen LogP contribution < -0.4 is 10.2 Å². The third kappa shape index (κ3) is 2.74. The second-order valence-electron chi connectivity index (χ2n) is 5.62. The van der Waals surface area contributed by atoms with Crippen LogP contribution in [-0.4, -0.2) is 16.9 Å². The molecule has 0 aliphatic carbocycles. The average molecular weight is 310 g/mol. The Kier molecular flexibility index (Phi) is 3.94. The molecule has 1 aliphatic rings. The fourth-order valence-corrected chi connectivity index (χ4v) is 3.24. The summed E-state index contributed by atoms with van der Waals surface area (Å²) in [6.45, 7) is 3.74. The lowest BCUT2D eigenvalue weighted by atomic mass is 10.1. The van der Waals surface area contributed by atoms with Crippen LogP contribution in [0.3, 0.4) is 0 Å². The van der Waals surface area contributed by atoms with Crippen LogP contribution in [0.2, 0.25) is 0 Å². The maximum absolute atomic E-state index is 11.3. The highest BCUT2D eigenvalue weighted by molar-refractivity contribution is 7.80. The van der Waals surface area contributed by atoms with E-state index < -0.39 is 0 Å². The van der Waals surface area contributed by atoms with Crippen LogP contribution in [0.4, 0.5) is 11.4 Å². The number of anilines is 2. The molecule has 112 valence electrons. The molecule has 0 fully saturated rings. The molecular formula is C18H18N2OS. The van der Waals surface area contributed by atoms with Crippen LogP contribution in [-0.2, 0) is 6.42 Å². The maximum Gasteiger partial charge on any atom is 0.178 e. The molecule has 0 radical (unpaired) electrons. The van der Waals surface area contributed by atoms with Crippen LogP contribution in [0.1, 0.15) is 29.8 Å². The van der Waals surface area contributed by atoms with Gasteiger partial charge in [0.1, 0.15) is 0 Å². The molecule has 0 spiro atoms. The van der Waals surface area contributed by atoms with Crippen molar-refractivity contribution < 1.29 is 4.79 Å². The van der Waals surface area contributed by atoms with Gasteiger partial charge in [0, 0.05) is 23.0 Å². The summed E-state index contributed by atoms with van der Waals surface area (Å²) in [5.41, 5.74) is 4.10. The van der Waals surface area contributed by atoms with Crippen LogP contribution >= 0.6 is 12.2 Å². The van der Waals surface area contributed by atoms with Crippen molar-refractivity contribution in [1.29, 1.82) is 0 Å². The Labute approximate surface area is 136 Å². The predicted octanol–water partition coefficient (Wildman–Crippen LogP) is 4.04. The fourth-order valence-electron chi connectivity index (χ4n) is 2.85. The van der Waals surface area contributed by atoms with E-state index in [9.17, 15) is 4.79 Å². The van der Waals surface area contributed by atoms with Crippen molar-refractivity contribution in [2.75, 3.05) is 10.2 Å². The molecule has 2 aromatic rings. The zero-order valence-electron chi connectivity index (χ0n) is 12.7. The first-order valence-corrected chi connectivity index (χ1v) is 7.76. The van der Waals surface area contributed by atoms with Gasteiger partial charge in [0.15, 0.2) is 10.9 Å². The number of hydrogen-bond donors (Lipinski definition) is 1. The smallest absolute Gasteiger partial charge is 0.178 e. The van der Waals surface area contributed by atoms with Crippen molar-refractivity contribution in [3.8, 4) is 0 Å². The number of nitrogens with one attached hydrogen (secondary N) is 1. The third-order valence-corrected chi connectivity index (χ3v) is 4.27. The molecule has 22 heavy (non-hydrogen) atoms. The maximum atomic E-state index is 11.3.